The van der Waals surface area contributed by atoms with E-state index in [1.807, 2.05) is 11.8 Å². The Balaban J connectivity index is 0.883. The molecule has 368 valence electrons. The maximum Gasteiger partial charge on any atom is 0.315 e. The third-order valence-electron chi connectivity index (χ3n) is 12.8. The predicted octanol–water partition coefficient (Wildman–Crippen LogP) is 6.44. The van der Waals surface area contributed by atoms with Crippen LogP contribution in [-0.4, -0.2) is 158 Å². The first-order chi connectivity index (χ1) is 32.6. The molecule has 2 aromatic carbocycles. The first-order valence-electron chi connectivity index (χ1n) is 24.2. The minimum Gasteiger partial charge on any atom is -0.382 e. The summed E-state index contributed by atoms with van der Waals surface area (Å²) in [5.74, 6) is 1.01. The number of rotatable bonds is 32. The minimum atomic E-state index is -0.173. The summed E-state index contributed by atoms with van der Waals surface area (Å²) in [5.41, 5.74) is 7.18. The van der Waals surface area contributed by atoms with Crippen LogP contribution in [0, 0.1) is 0 Å². The number of allylic oxidation sites excluding steroid dienone is 6. The van der Waals surface area contributed by atoms with Crippen molar-refractivity contribution in [1.82, 2.24) is 16.0 Å². The molecule has 4 aliphatic heterocycles. The van der Waals surface area contributed by atoms with E-state index in [2.05, 4.69) is 132 Å². The number of para-hydroxylation sites is 2. The lowest BCUT2D eigenvalue weighted by atomic mass is 9.81. The van der Waals surface area contributed by atoms with Crippen LogP contribution in [0.5, 0.6) is 0 Å². The highest BCUT2D eigenvalue weighted by Gasteiger charge is 2.44. The van der Waals surface area contributed by atoms with Gasteiger partial charge >= 0.3 is 6.03 Å². The average molecular weight is 947 g/mol. The molecule has 15 heteroatoms. The van der Waals surface area contributed by atoms with E-state index in [1.165, 1.54) is 33.9 Å². The number of carbonyl (C=O) groups is 2. The first kappa shape index (κ1) is 52.3. The Hall–Kier alpha value is -4.06. The lowest BCUT2D eigenvalue weighted by Crippen LogP contribution is -2.36. The Morgan fingerprint density at radius 1 is 0.761 bits per heavy atom. The number of amides is 3. The lowest BCUT2D eigenvalue weighted by Gasteiger charge is -2.27. The van der Waals surface area contributed by atoms with Crippen molar-refractivity contribution in [3.63, 3.8) is 0 Å². The summed E-state index contributed by atoms with van der Waals surface area (Å²) in [6.45, 7) is 17.9. The number of anilines is 1. The van der Waals surface area contributed by atoms with Crippen LogP contribution < -0.4 is 20.9 Å². The molecule has 3 atom stereocenters. The zero-order valence-electron chi connectivity index (χ0n) is 40.6. The summed E-state index contributed by atoms with van der Waals surface area (Å²) in [5, 5.41) is 9.37. The van der Waals surface area contributed by atoms with E-state index < -0.39 is 0 Å². The molecule has 2 saturated heterocycles. The molecule has 0 spiro atoms. The lowest BCUT2D eigenvalue weighted by molar-refractivity contribution is -0.442. The number of nitrogens with one attached hydrogen (secondary N) is 3. The summed E-state index contributed by atoms with van der Waals surface area (Å²) < 4.78 is 42.0. The van der Waals surface area contributed by atoms with Gasteiger partial charge in [0, 0.05) is 72.1 Å². The Morgan fingerprint density at radius 3 is 2.13 bits per heavy atom. The van der Waals surface area contributed by atoms with Crippen molar-refractivity contribution in [2.45, 2.75) is 81.5 Å². The number of nitrogens with zero attached hydrogens (tertiary/aromatic N) is 2. The highest BCUT2D eigenvalue weighted by atomic mass is 32.2. The smallest absolute Gasteiger partial charge is 0.315 e. The van der Waals surface area contributed by atoms with E-state index in [0.29, 0.717) is 104 Å². The fourth-order valence-electron chi connectivity index (χ4n) is 9.28. The molecule has 0 unspecified atom stereocenters. The normalized spacial score (nSPS) is 20.9. The number of methoxy groups -OCH3 is 1. The van der Waals surface area contributed by atoms with Crippen molar-refractivity contribution >= 4 is 40.8 Å². The molecule has 3 amide bonds. The molecule has 2 fully saturated rings. The number of fused-ring (bicyclic) bond motifs is 3. The Kier molecular flexibility index (Phi) is 21.2. The molecule has 0 aromatic heterocycles. The molecule has 67 heavy (non-hydrogen) atoms. The van der Waals surface area contributed by atoms with Crippen LogP contribution in [0.2, 0.25) is 0 Å². The van der Waals surface area contributed by atoms with Crippen LogP contribution in [0.3, 0.4) is 0 Å². The van der Waals surface area contributed by atoms with E-state index in [1.54, 1.807) is 7.11 Å². The van der Waals surface area contributed by atoms with Gasteiger partial charge in [-0.3, -0.25) is 4.79 Å². The van der Waals surface area contributed by atoms with Gasteiger partial charge in [0.15, 0.2) is 12.3 Å². The highest BCUT2D eigenvalue weighted by molar-refractivity contribution is 8.00. The third-order valence-corrected chi connectivity index (χ3v) is 14.3. The van der Waals surface area contributed by atoms with Gasteiger partial charge in [-0.1, -0.05) is 74.9 Å². The maximum atomic E-state index is 12.3. The van der Waals surface area contributed by atoms with E-state index >= 15 is 0 Å². The van der Waals surface area contributed by atoms with E-state index in [-0.39, 0.29) is 34.9 Å². The van der Waals surface area contributed by atoms with Crippen molar-refractivity contribution in [3.8, 4) is 0 Å². The highest BCUT2D eigenvalue weighted by Crippen LogP contribution is 2.47. The molecular weight excluding hydrogens is 871 g/mol. The predicted molar refractivity (Wildman–Crippen MR) is 266 cm³/mol. The van der Waals surface area contributed by atoms with Crippen LogP contribution in [0.15, 0.2) is 84.6 Å². The topological polar surface area (TPSA) is 141 Å². The van der Waals surface area contributed by atoms with Crippen molar-refractivity contribution in [3.05, 3.63) is 95.7 Å². The molecular formula is C52H76N5O9S+. The second-order valence-electron chi connectivity index (χ2n) is 18.2. The summed E-state index contributed by atoms with van der Waals surface area (Å²) in [6.07, 6.45) is 14.2. The van der Waals surface area contributed by atoms with Gasteiger partial charge in [0.25, 0.3) is 0 Å². The second-order valence-corrected chi connectivity index (χ2v) is 19.4. The third kappa shape index (κ3) is 15.0. The van der Waals surface area contributed by atoms with Gasteiger partial charge in [0.2, 0.25) is 11.6 Å². The molecule has 0 saturated carbocycles. The molecule has 0 aliphatic carbocycles. The van der Waals surface area contributed by atoms with Crippen LogP contribution in [-0.2, 0) is 48.8 Å². The van der Waals surface area contributed by atoms with Gasteiger partial charge < -0.3 is 54.0 Å². The molecule has 4 aliphatic rings. The van der Waals surface area contributed by atoms with Crippen molar-refractivity contribution in [2.24, 2.45) is 0 Å². The monoisotopic (exact) mass is 947 g/mol. The number of hydrogen-bond acceptors (Lipinski definition) is 11. The summed E-state index contributed by atoms with van der Waals surface area (Å²) in [7, 11) is 1.66. The average Bonchev–Trinajstić information content (AvgIpc) is 4.00. The van der Waals surface area contributed by atoms with Gasteiger partial charge in [0.1, 0.15) is 6.61 Å². The number of thioether (sulfide) groups is 1. The summed E-state index contributed by atoms with van der Waals surface area (Å²) >= 11 is 1.91. The SMILES string of the molecule is COCCOCCOCCOCCN1\C(=C/C=C/C=C/C2=[N+](CCOCCOCCOCCNC(=O)CCCC[C@H]3SC[C@@H]4NC(=O)N[C@@H]43)c3ccccc3C2(C)C)C(C)(C)c2ccccc21. The Morgan fingerprint density at radius 2 is 1.40 bits per heavy atom. The van der Waals surface area contributed by atoms with E-state index in [9.17, 15) is 9.59 Å². The largest absolute Gasteiger partial charge is 0.382 e. The van der Waals surface area contributed by atoms with Crippen molar-refractivity contribution < 1.29 is 47.3 Å². The van der Waals surface area contributed by atoms with Crippen LogP contribution in [0.4, 0.5) is 16.2 Å². The molecule has 2 aromatic rings. The van der Waals surface area contributed by atoms with Crippen LogP contribution in [0.1, 0.15) is 64.5 Å². The quantitative estimate of drug-likeness (QED) is 0.0323. The number of hydrogen-bond donors (Lipinski definition) is 3. The Bertz CT molecular complexity index is 2000. The second kappa shape index (κ2) is 27.2. The van der Waals surface area contributed by atoms with E-state index in [4.69, 9.17) is 33.2 Å². The van der Waals surface area contributed by atoms with Gasteiger partial charge in [-0.05, 0) is 44.4 Å². The van der Waals surface area contributed by atoms with Gasteiger partial charge in [-0.25, -0.2) is 4.79 Å². The van der Waals surface area contributed by atoms with Crippen molar-refractivity contribution in [1.29, 1.82) is 0 Å². The molecule has 3 N–H and O–H groups in total. The Labute approximate surface area is 403 Å². The first-order valence-corrected chi connectivity index (χ1v) is 25.3. The fraction of sp³-hybridized carbons (Fsp3) is 0.596. The standard InChI is InChI=1S/C52H75N5O9S/c1-51(2)40-15-9-11-17-43(40)56(24-27-62-32-35-65-34-31-61-26-23-53-48(58)22-14-13-19-45-49-42(39-67-45)54-50(59)55-49)46(51)20-7-6-8-21-47-52(3,4)41-16-10-12-18-44(41)57(47)25-28-63-33-36-66-38-37-64-30-29-60-5/h6-12,15-18,20-21,42,45,49H,13-14,19,22-39H2,1-5H3,(H2-,53,54,55,58,59)/p+1/t42-,45+,49-/m0/s1. The molecule has 14 nitrogen and oxygen atoms in total. The fourth-order valence-corrected chi connectivity index (χ4v) is 10.8. The molecule has 0 radical (unpaired) electrons. The molecule has 4 heterocycles. The minimum absolute atomic E-state index is 0.0490. The number of carbonyl (C=O) groups excluding carboxylic acids is 2. The summed E-state index contributed by atoms with van der Waals surface area (Å²) in [4.78, 5) is 26.2. The van der Waals surface area contributed by atoms with Crippen molar-refractivity contribution in [2.75, 3.05) is 123 Å². The molecule has 6 rings (SSSR count). The van der Waals surface area contributed by atoms with Gasteiger partial charge in [0.05, 0.1) is 96.8 Å². The van der Waals surface area contributed by atoms with Gasteiger partial charge in [-0.2, -0.15) is 16.3 Å². The van der Waals surface area contributed by atoms with Crippen LogP contribution >= 0.6 is 11.8 Å². The molecule has 0 bridgehead atoms. The zero-order valence-corrected chi connectivity index (χ0v) is 41.4. The number of urea groups is 1. The summed E-state index contributed by atoms with van der Waals surface area (Å²) in [6, 6.07) is 17.7. The van der Waals surface area contributed by atoms with Crippen LogP contribution in [0.25, 0.3) is 0 Å². The number of unbranched alkanes of at least 4 members (excludes halogenated alkanes) is 1. The maximum absolute atomic E-state index is 12.3. The van der Waals surface area contributed by atoms with E-state index in [0.717, 1.165) is 38.1 Å². The number of ether oxygens (including phenoxy) is 7. The zero-order chi connectivity index (χ0) is 47.3. The van der Waals surface area contributed by atoms with Gasteiger partial charge in [-0.15, -0.1) is 0 Å². The number of benzene rings is 2.